The van der Waals surface area contributed by atoms with Crippen molar-refractivity contribution in [2.75, 3.05) is 12.3 Å². The molecule has 4 heterocycles. The molecule has 7 nitrogen and oxygen atoms in total. The zero-order valence-corrected chi connectivity index (χ0v) is 14.2. The summed E-state index contributed by atoms with van der Waals surface area (Å²) in [7, 11) is 1.82. The summed E-state index contributed by atoms with van der Waals surface area (Å²) in [4.78, 5) is 15.7. The van der Waals surface area contributed by atoms with Crippen molar-refractivity contribution in [2.24, 2.45) is 7.05 Å². The third kappa shape index (κ3) is 3.23. The molecular weight excluding hydrogens is 314 g/mol. The number of nitrogens with zero attached hydrogens (tertiary/aromatic N) is 6. The number of rotatable bonds is 4. The molecule has 128 valence electrons. The van der Waals surface area contributed by atoms with Gasteiger partial charge >= 0.3 is 0 Å². The van der Waals surface area contributed by atoms with E-state index in [4.69, 9.17) is 5.73 Å². The Labute approximate surface area is 146 Å². The van der Waals surface area contributed by atoms with Crippen LogP contribution in [0.1, 0.15) is 30.3 Å². The first kappa shape index (κ1) is 15.7. The van der Waals surface area contributed by atoms with Gasteiger partial charge < -0.3 is 5.73 Å². The lowest BCUT2D eigenvalue weighted by molar-refractivity contribution is 0.239. The van der Waals surface area contributed by atoms with E-state index >= 15 is 0 Å². The van der Waals surface area contributed by atoms with Gasteiger partial charge in [-0.3, -0.25) is 14.9 Å². The average molecular weight is 335 g/mol. The number of likely N-dealkylation sites (tertiary alicyclic amines) is 1. The molecule has 7 heteroatoms. The lowest BCUT2D eigenvalue weighted by Crippen LogP contribution is -2.23. The van der Waals surface area contributed by atoms with Gasteiger partial charge in [-0.25, -0.2) is 4.68 Å². The highest BCUT2D eigenvalue weighted by atomic mass is 15.4. The molecule has 3 aromatic rings. The maximum atomic E-state index is 5.83. The van der Waals surface area contributed by atoms with Crippen molar-refractivity contribution >= 4 is 5.95 Å². The second-order valence-corrected chi connectivity index (χ2v) is 6.35. The standard InChI is InChI=1S/C18H21N7/c1-24-18(19)22-17(23-24)16-6-4-10-25(16)12-13-7-8-15(21-11-13)14-5-2-3-9-20-14/h2-3,5,7-9,11,16H,4,6,10,12H2,1H3,(H2,19,22,23)/t16-/m1/s1. The normalized spacial score (nSPS) is 17.9. The molecule has 1 saturated heterocycles. The van der Waals surface area contributed by atoms with E-state index in [9.17, 15) is 0 Å². The van der Waals surface area contributed by atoms with Crippen molar-refractivity contribution in [1.29, 1.82) is 0 Å². The molecule has 1 aliphatic rings. The SMILES string of the molecule is Cn1nc([C@H]2CCCN2Cc2ccc(-c3ccccn3)nc2)nc1N. The van der Waals surface area contributed by atoms with E-state index in [1.807, 2.05) is 37.5 Å². The molecule has 1 aliphatic heterocycles. The van der Waals surface area contributed by atoms with Crippen LogP contribution in [0.3, 0.4) is 0 Å². The molecule has 3 aromatic heterocycles. The van der Waals surface area contributed by atoms with Crippen LogP contribution in [-0.4, -0.2) is 36.2 Å². The van der Waals surface area contributed by atoms with Crippen molar-refractivity contribution in [2.45, 2.75) is 25.4 Å². The molecule has 0 aromatic carbocycles. The minimum Gasteiger partial charge on any atom is -0.368 e. The fraction of sp³-hybridized carbons (Fsp3) is 0.333. The summed E-state index contributed by atoms with van der Waals surface area (Å²) >= 11 is 0. The fourth-order valence-electron chi connectivity index (χ4n) is 3.28. The Hall–Kier alpha value is -2.80. The van der Waals surface area contributed by atoms with E-state index in [1.54, 1.807) is 10.9 Å². The third-order valence-corrected chi connectivity index (χ3v) is 4.61. The van der Waals surface area contributed by atoms with Gasteiger partial charge in [0.05, 0.1) is 17.4 Å². The summed E-state index contributed by atoms with van der Waals surface area (Å²) < 4.78 is 1.63. The predicted octanol–water partition coefficient (Wildman–Crippen LogP) is 2.19. The fourth-order valence-corrected chi connectivity index (χ4v) is 3.28. The smallest absolute Gasteiger partial charge is 0.218 e. The minimum absolute atomic E-state index is 0.221. The topological polar surface area (TPSA) is 85.8 Å². The molecule has 0 amide bonds. The van der Waals surface area contributed by atoms with Crippen LogP contribution in [0, 0.1) is 0 Å². The molecule has 0 unspecified atom stereocenters. The lowest BCUT2D eigenvalue weighted by atomic mass is 10.1. The summed E-state index contributed by atoms with van der Waals surface area (Å²) in [5, 5.41) is 4.45. The van der Waals surface area contributed by atoms with Crippen molar-refractivity contribution in [3.63, 3.8) is 0 Å². The van der Waals surface area contributed by atoms with Gasteiger partial charge in [0.25, 0.3) is 0 Å². The molecule has 2 N–H and O–H groups in total. The van der Waals surface area contributed by atoms with Gasteiger partial charge in [0.2, 0.25) is 5.95 Å². The highest BCUT2D eigenvalue weighted by molar-refractivity contribution is 5.53. The van der Waals surface area contributed by atoms with Crippen LogP contribution in [0.5, 0.6) is 0 Å². The quantitative estimate of drug-likeness (QED) is 0.786. The second kappa shape index (κ2) is 6.60. The number of nitrogens with two attached hydrogens (primary N) is 1. The Morgan fingerprint density at radius 2 is 2.04 bits per heavy atom. The molecule has 0 aliphatic carbocycles. The average Bonchev–Trinajstić information content (AvgIpc) is 3.23. The number of pyridine rings is 2. The highest BCUT2D eigenvalue weighted by Crippen LogP contribution is 2.31. The summed E-state index contributed by atoms with van der Waals surface area (Å²) in [5.41, 5.74) is 8.79. The Morgan fingerprint density at radius 1 is 1.16 bits per heavy atom. The first-order valence-corrected chi connectivity index (χ1v) is 8.47. The number of hydrogen-bond acceptors (Lipinski definition) is 6. The Bertz CT molecular complexity index is 822. The summed E-state index contributed by atoms with van der Waals surface area (Å²) in [6.45, 7) is 1.86. The largest absolute Gasteiger partial charge is 0.368 e. The maximum absolute atomic E-state index is 5.83. The Kier molecular flexibility index (Phi) is 4.15. The van der Waals surface area contributed by atoms with Gasteiger partial charge in [-0.05, 0) is 43.1 Å². The van der Waals surface area contributed by atoms with E-state index in [0.717, 1.165) is 43.1 Å². The number of anilines is 1. The van der Waals surface area contributed by atoms with E-state index < -0.39 is 0 Å². The van der Waals surface area contributed by atoms with Gasteiger partial charge in [0, 0.05) is 26.0 Å². The van der Waals surface area contributed by atoms with Crippen LogP contribution in [0.2, 0.25) is 0 Å². The molecule has 4 rings (SSSR count). The first-order chi connectivity index (χ1) is 12.2. The summed E-state index contributed by atoms with van der Waals surface area (Å²) in [5.74, 6) is 1.28. The molecule has 1 atom stereocenters. The highest BCUT2D eigenvalue weighted by Gasteiger charge is 2.29. The van der Waals surface area contributed by atoms with E-state index in [0.29, 0.717) is 5.95 Å². The minimum atomic E-state index is 0.221. The number of aryl methyl sites for hydroxylation is 1. The number of hydrogen-bond donors (Lipinski definition) is 1. The number of aromatic nitrogens is 5. The van der Waals surface area contributed by atoms with Gasteiger partial charge in [-0.15, -0.1) is 0 Å². The number of nitrogen functional groups attached to an aromatic ring is 1. The summed E-state index contributed by atoms with van der Waals surface area (Å²) in [6.07, 6.45) is 5.91. The Balaban J connectivity index is 1.49. The second-order valence-electron chi connectivity index (χ2n) is 6.35. The monoisotopic (exact) mass is 335 g/mol. The summed E-state index contributed by atoms with van der Waals surface area (Å²) in [6, 6.07) is 10.2. The zero-order chi connectivity index (χ0) is 17.2. The molecule has 1 fully saturated rings. The van der Waals surface area contributed by atoms with Crippen molar-refractivity contribution < 1.29 is 0 Å². The van der Waals surface area contributed by atoms with E-state index in [-0.39, 0.29) is 6.04 Å². The van der Waals surface area contributed by atoms with Gasteiger partial charge in [-0.2, -0.15) is 10.1 Å². The molecule has 25 heavy (non-hydrogen) atoms. The van der Waals surface area contributed by atoms with Crippen molar-refractivity contribution in [1.82, 2.24) is 29.6 Å². The van der Waals surface area contributed by atoms with Gasteiger partial charge in [0.15, 0.2) is 5.82 Å². The Morgan fingerprint density at radius 3 is 2.72 bits per heavy atom. The van der Waals surface area contributed by atoms with Crippen LogP contribution in [0.15, 0.2) is 42.7 Å². The predicted molar refractivity (Wildman–Crippen MR) is 95.3 cm³/mol. The first-order valence-electron chi connectivity index (χ1n) is 8.47. The van der Waals surface area contributed by atoms with Crippen LogP contribution in [-0.2, 0) is 13.6 Å². The van der Waals surface area contributed by atoms with Gasteiger partial charge in [-0.1, -0.05) is 12.1 Å². The molecule has 0 saturated carbocycles. The van der Waals surface area contributed by atoms with E-state index in [2.05, 4.69) is 31.0 Å². The molecular formula is C18H21N7. The third-order valence-electron chi connectivity index (χ3n) is 4.61. The van der Waals surface area contributed by atoms with E-state index in [1.165, 1.54) is 5.56 Å². The van der Waals surface area contributed by atoms with Crippen LogP contribution in [0.25, 0.3) is 11.4 Å². The molecule has 0 bridgehead atoms. The zero-order valence-electron chi connectivity index (χ0n) is 14.2. The van der Waals surface area contributed by atoms with Crippen molar-refractivity contribution in [3.8, 4) is 11.4 Å². The maximum Gasteiger partial charge on any atom is 0.218 e. The van der Waals surface area contributed by atoms with Crippen LogP contribution < -0.4 is 5.73 Å². The van der Waals surface area contributed by atoms with Gasteiger partial charge in [0.1, 0.15) is 0 Å². The molecule has 0 spiro atoms. The lowest BCUT2D eigenvalue weighted by Gasteiger charge is -2.22. The van der Waals surface area contributed by atoms with Crippen molar-refractivity contribution in [3.05, 3.63) is 54.1 Å². The van der Waals surface area contributed by atoms with Crippen LogP contribution in [0.4, 0.5) is 5.95 Å². The van der Waals surface area contributed by atoms with Crippen LogP contribution >= 0.6 is 0 Å². The molecule has 0 radical (unpaired) electrons.